The first-order valence-electron chi connectivity index (χ1n) is 17.4. The van der Waals surface area contributed by atoms with E-state index in [1.165, 1.54) is 31.7 Å². The number of carbonyl (C=O) groups is 1. The third-order valence-corrected chi connectivity index (χ3v) is 8.47. The molecule has 1 aromatic carbocycles. The molecule has 0 bridgehead atoms. The summed E-state index contributed by atoms with van der Waals surface area (Å²) in [4.78, 5) is 35.8. The van der Waals surface area contributed by atoms with E-state index in [4.69, 9.17) is 16.3 Å². The average Bonchev–Trinajstić information content (AvgIpc) is 3.11. The van der Waals surface area contributed by atoms with E-state index in [9.17, 15) is 14.0 Å². The molecule has 7 nitrogen and oxygen atoms in total. The van der Waals surface area contributed by atoms with E-state index in [1.807, 2.05) is 58.7 Å². The third kappa shape index (κ3) is 13.9. The summed E-state index contributed by atoms with van der Waals surface area (Å²) in [6.07, 6.45) is 9.22. The number of Topliss-reactive ketones (excluding diaryl/α,β-unsaturated/α-hetero) is 1. The molecule has 0 amide bonds. The molecule has 274 valence electrons. The summed E-state index contributed by atoms with van der Waals surface area (Å²) in [5.41, 5.74) is 4.19. The van der Waals surface area contributed by atoms with Crippen LogP contribution in [0, 0.1) is 63.6 Å². The molecule has 0 aliphatic heterocycles. The Balaban J connectivity index is 0.00000104. The molecule has 0 radical (unpaired) electrons. The van der Waals surface area contributed by atoms with Crippen molar-refractivity contribution in [3.8, 4) is 17.1 Å². The number of allylic oxidation sites excluding steroid dienone is 2. The van der Waals surface area contributed by atoms with Crippen LogP contribution in [0.4, 0.5) is 10.2 Å². The number of rotatable bonds is 13. The standard InChI is InChI=1S/C31H29ClFN4O3.C8H18.C2H6.U/c1-6-24(36(5)31-19(2)10-13-27(35-31)21(4)38)17-37-16-20(3)25(15-30(37)39)28-8-7-9-29(34-28)40-18-22-11-12-23(32)14-26(22)33;1-4-6-7-8(3)5-2;1-2;/h6-16H,4,17-18H2,1-3,5H3;8H,4-7H2,1-3H3;1-2H3;/q-1;;;. The number of halogens is 2. The summed E-state index contributed by atoms with van der Waals surface area (Å²) in [7, 11) is 1.85. The monoisotopic (exact) mass is 941 g/mol. The Labute approximate surface area is 333 Å². The van der Waals surface area contributed by atoms with Crippen LogP contribution in [0.5, 0.6) is 5.88 Å². The molecule has 0 spiro atoms. The second-order valence-electron chi connectivity index (χ2n) is 12.0. The molecule has 0 N–H and O–H groups in total. The fourth-order valence-corrected chi connectivity index (χ4v) is 5.15. The number of anilines is 1. The zero-order valence-corrected chi connectivity index (χ0v) is 36.6. The number of nitrogens with zero attached hydrogens (tertiary/aromatic N) is 4. The smallest absolute Gasteiger partial charge is 0.251 e. The van der Waals surface area contributed by atoms with Crippen LogP contribution in [0.25, 0.3) is 11.3 Å². The van der Waals surface area contributed by atoms with Crippen molar-refractivity contribution in [2.24, 2.45) is 5.92 Å². The number of aryl methyl sites for hydroxylation is 2. The number of unbranched alkanes of at least 4 members (excludes halogenated alkanes) is 1. The fourth-order valence-electron chi connectivity index (χ4n) is 4.99. The van der Waals surface area contributed by atoms with Gasteiger partial charge < -0.3 is 24.0 Å². The van der Waals surface area contributed by atoms with Gasteiger partial charge in [0, 0.05) is 84.1 Å². The van der Waals surface area contributed by atoms with Crippen molar-refractivity contribution in [1.82, 2.24) is 14.5 Å². The summed E-state index contributed by atoms with van der Waals surface area (Å²) >= 11 is 5.82. The van der Waals surface area contributed by atoms with Gasteiger partial charge in [-0.25, -0.2) is 9.37 Å². The number of ketones is 1. The first-order chi connectivity index (χ1) is 23.9. The van der Waals surface area contributed by atoms with E-state index in [0.717, 1.165) is 22.7 Å². The topological polar surface area (TPSA) is 77.3 Å². The van der Waals surface area contributed by atoms with Gasteiger partial charge in [-0.1, -0.05) is 96.2 Å². The van der Waals surface area contributed by atoms with Crippen molar-refractivity contribution < 1.29 is 45.0 Å². The predicted octanol–water partition coefficient (Wildman–Crippen LogP) is 10.6. The van der Waals surface area contributed by atoms with Crippen LogP contribution in [0.3, 0.4) is 0 Å². The van der Waals surface area contributed by atoms with Gasteiger partial charge in [0.2, 0.25) is 5.88 Å². The van der Waals surface area contributed by atoms with Gasteiger partial charge in [-0.15, -0.1) is 6.07 Å². The summed E-state index contributed by atoms with van der Waals surface area (Å²) in [6.45, 7) is 20.3. The molecule has 0 saturated carbocycles. The molecular weight excluding hydrogens is 889 g/mol. The molecule has 4 aromatic rings. The molecular formula is C41H53ClFN4O3U-. The fraction of sp³-hybridized carbons (Fsp3) is 0.390. The Morgan fingerprint density at radius 2 is 1.78 bits per heavy atom. The van der Waals surface area contributed by atoms with Crippen LogP contribution in [-0.4, -0.2) is 27.4 Å². The van der Waals surface area contributed by atoms with E-state index < -0.39 is 5.82 Å². The Hall–Kier alpha value is -3.38. The zero-order valence-electron chi connectivity index (χ0n) is 31.6. The van der Waals surface area contributed by atoms with Gasteiger partial charge >= 0.3 is 0 Å². The minimum absolute atomic E-state index is 0. The molecule has 0 fully saturated rings. The van der Waals surface area contributed by atoms with Crippen molar-refractivity contribution in [1.29, 1.82) is 0 Å². The molecule has 3 aromatic heterocycles. The number of benzene rings is 1. The zero-order chi connectivity index (χ0) is 37.4. The van der Waals surface area contributed by atoms with Crippen molar-refractivity contribution in [3.05, 3.63) is 123 Å². The van der Waals surface area contributed by atoms with Gasteiger partial charge in [-0.2, -0.15) is 6.92 Å². The molecule has 1 unspecified atom stereocenters. The van der Waals surface area contributed by atoms with E-state index in [-0.39, 0.29) is 54.8 Å². The van der Waals surface area contributed by atoms with Gasteiger partial charge in [-0.3, -0.25) is 4.79 Å². The Bertz CT molecular complexity index is 1790. The van der Waals surface area contributed by atoms with E-state index in [0.29, 0.717) is 40.1 Å². The molecule has 0 saturated heterocycles. The maximum Gasteiger partial charge on any atom is 0.251 e. The summed E-state index contributed by atoms with van der Waals surface area (Å²) in [5.74, 6) is 1.06. The maximum atomic E-state index is 14.1. The van der Waals surface area contributed by atoms with Gasteiger partial charge in [-0.05, 0) is 61.7 Å². The Morgan fingerprint density at radius 1 is 1.08 bits per heavy atom. The predicted molar refractivity (Wildman–Crippen MR) is 206 cm³/mol. The number of carbonyl (C=O) groups excluding carboxylic acids is 1. The van der Waals surface area contributed by atoms with Crippen LogP contribution < -0.4 is 15.2 Å². The van der Waals surface area contributed by atoms with E-state index >= 15 is 0 Å². The summed E-state index contributed by atoms with van der Waals surface area (Å²) < 4.78 is 21.4. The van der Waals surface area contributed by atoms with Crippen LogP contribution >= 0.6 is 11.6 Å². The molecule has 3 heterocycles. The van der Waals surface area contributed by atoms with Crippen LogP contribution in [-0.2, 0) is 13.2 Å². The molecule has 0 aliphatic rings. The maximum absolute atomic E-state index is 14.1. The molecule has 10 heteroatoms. The van der Waals surface area contributed by atoms with E-state index in [1.54, 1.807) is 53.2 Å². The van der Waals surface area contributed by atoms with Gasteiger partial charge in [0.1, 0.15) is 18.2 Å². The van der Waals surface area contributed by atoms with Crippen molar-refractivity contribution in [3.63, 3.8) is 0 Å². The molecule has 4 rings (SSSR count). The molecule has 0 aliphatic carbocycles. The number of hydrogen-bond acceptors (Lipinski definition) is 6. The van der Waals surface area contributed by atoms with E-state index in [2.05, 4.69) is 37.7 Å². The SMILES string of the molecule is CC.CCCCC(C)CC.[CH2-]C(=O)c1ccc(C)c(N(C)C(=CC)Cn2cc(C)c(-c3cccc(OCc4ccc(Cl)cc4F)n3)cc2=O)n1.[U]. The second-order valence-corrected chi connectivity index (χ2v) is 12.4. The number of ether oxygens (including phenoxy) is 1. The summed E-state index contributed by atoms with van der Waals surface area (Å²) in [6, 6.07) is 14.6. The number of pyridine rings is 3. The quantitative estimate of drug-likeness (QED) is 0.0982. The number of hydrogen-bond donors (Lipinski definition) is 0. The summed E-state index contributed by atoms with van der Waals surface area (Å²) in [5, 5.41) is 0.311. The molecule has 51 heavy (non-hydrogen) atoms. The van der Waals surface area contributed by atoms with Crippen LogP contribution in [0.2, 0.25) is 5.02 Å². The largest absolute Gasteiger partial charge is 0.473 e. The Kier molecular flexibility index (Phi) is 20.8. The minimum atomic E-state index is -0.455. The Morgan fingerprint density at radius 3 is 2.39 bits per heavy atom. The van der Waals surface area contributed by atoms with Crippen molar-refractivity contribution in [2.45, 2.75) is 94.2 Å². The van der Waals surface area contributed by atoms with Gasteiger partial charge in [0.15, 0.2) is 0 Å². The first-order valence-corrected chi connectivity index (χ1v) is 17.7. The van der Waals surface area contributed by atoms with Crippen molar-refractivity contribution >= 4 is 23.2 Å². The number of aromatic nitrogens is 3. The van der Waals surface area contributed by atoms with Crippen LogP contribution in [0.1, 0.15) is 94.4 Å². The van der Waals surface area contributed by atoms with Crippen LogP contribution in [0.15, 0.2) is 77.4 Å². The molecule has 1 atom stereocenters. The van der Waals surface area contributed by atoms with Gasteiger partial charge in [0.05, 0.1) is 12.2 Å². The normalized spacial score (nSPS) is 11.2. The van der Waals surface area contributed by atoms with Gasteiger partial charge in [0.25, 0.3) is 5.56 Å². The average molecular weight is 942 g/mol. The minimum Gasteiger partial charge on any atom is -0.473 e. The van der Waals surface area contributed by atoms with Crippen molar-refractivity contribution in [2.75, 3.05) is 11.9 Å². The second kappa shape index (κ2) is 23.2. The number of likely N-dealkylation sites (N-methyl/N-ethyl adjacent to an activating group) is 1. The first kappa shape index (κ1) is 45.6. The third-order valence-electron chi connectivity index (χ3n) is 8.23.